The zero-order valence-electron chi connectivity index (χ0n) is 15.0. The number of piperazine rings is 1. The number of hydrogen-bond donors (Lipinski definition) is 1. The van der Waals surface area contributed by atoms with Gasteiger partial charge in [-0.05, 0) is 29.8 Å². The van der Waals surface area contributed by atoms with Gasteiger partial charge in [0.05, 0.1) is 19.3 Å². The summed E-state index contributed by atoms with van der Waals surface area (Å²) in [4.78, 5) is 8.94. The fourth-order valence-corrected chi connectivity index (χ4v) is 3.07. The molecule has 0 bridgehead atoms. The van der Waals surface area contributed by atoms with Crippen molar-refractivity contribution in [1.29, 1.82) is 0 Å². The lowest BCUT2D eigenvalue weighted by atomic mass is 10.2. The van der Waals surface area contributed by atoms with E-state index in [1.54, 1.807) is 0 Å². The van der Waals surface area contributed by atoms with Gasteiger partial charge >= 0.3 is 0 Å². The van der Waals surface area contributed by atoms with E-state index < -0.39 is 6.10 Å². The third-order valence-electron chi connectivity index (χ3n) is 4.31. The van der Waals surface area contributed by atoms with Crippen LogP contribution in [0.15, 0.2) is 48.7 Å². The largest absolute Gasteiger partial charge is 0.389 e. The second-order valence-corrected chi connectivity index (χ2v) is 6.71. The smallest absolute Gasteiger partial charge is 0.128 e. The number of benzene rings is 1. The second-order valence-electron chi connectivity index (χ2n) is 6.27. The third-order valence-corrected chi connectivity index (χ3v) is 4.56. The number of rotatable bonds is 7. The average Bonchev–Trinajstić information content (AvgIpc) is 2.65. The van der Waals surface area contributed by atoms with Gasteiger partial charge in [0.1, 0.15) is 5.82 Å². The van der Waals surface area contributed by atoms with E-state index in [0.717, 1.165) is 37.6 Å². The number of halogens is 3. The molecule has 0 saturated carbocycles. The van der Waals surface area contributed by atoms with Crippen molar-refractivity contribution >= 4 is 42.2 Å². The summed E-state index contributed by atoms with van der Waals surface area (Å²) in [5.41, 5.74) is 1.06. The van der Waals surface area contributed by atoms with Crippen LogP contribution in [0.3, 0.4) is 0 Å². The van der Waals surface area contributed by atoms with E-state index in [1.807, 2.05) is 48.7 Å². The number of aliphatic hydroxyl groups excluding tert-OH is 1. The van der Waals surface area contributed by atoms with Crippen LogP contribution in [-0.4, -0.2) is 60.4 Å². The monoisotopic (exact) mass is 433 g/mol. The Morgan fingerprint density at radius 2 is 1.74 bits per heavy atom. The first kappa shape index (κ1) is 24.0. The molecule has 1 aromatic heterocycles. The molecule has 2 heterocycles. The van der Waals surface area contributed by atoms with Crippen molar-refractivity contribution in [2.45, 2.75) is 12.7 Å². The van der Waals surface area contributed by atoms with Crippen LogP contribution in [0.5, 0.6) is 0 Å². The molecule has 1 fully saturated rings. The minimum atomic E-state index is -0.478. The van der Waals surface area contributed by atoms with Gasteiger partial charge in [-0.25, -0.2) is 4.98 Å². The Labute approximate surface area is 178 Å². The molecular formula is C19H26Cl3N3O2. The van der Waals surface area contributed by atoms with Crippen LogP contribution < -0.4 is 4.90 Å². The number of pyridine rings is 1. The van der Waals surface area contributed by atoms with Crippen molar-refractivity contribution in [2.75, 3.05) is 44.2 Å². The van der Waals surface area contributed by atoms with E-state index in [2.05, 4.69) is 14.8 Å². The first-order valence-electron chi connectivity index (χ1n) is 8.59. The first-order chi connectivity index (χ1) is 12.2. The van der Waals surface area contributed by atoms with Gasteiger partial charge < -0.3 is 14.7 Å². The molecular weight excluding hydrogens is 409 g/mol. The van der Waals surface area contributed by atoms with E-state index in [0.29, 0.717) is 24.8 Å². The maximum Gasteiger partial charge on any atom is 0.128 e. The zero-order valence-corrected chi connectivity index (χ0v) is 17.4. The molecule has 1 aliphatic heterocycles. The number of aromatic nitrogens is 1. The topological polar surface area (TPSA) is 48.8 Å². The Morgan fingerprint density at radius 1 is 1.04 bits per heavy atom. The molecule has 1 aromatic carbocycles. The molecule has 1 N–H and O–H groups in total. The van der Waals surface area contributed by atoms with Crippen LogP contribution in [0, 0.1) is 0 Å². The van der Waals surface area contributed by atoms with Crippen molar-refractivity contribution in [2.24, 2.45) is 0 Å². The minimum Gasteiger partial charge on any atom is -0.389 e. The lowest BCUT2D eigenvalue weighted by molar-refractivity contribution is 0.00912. The van der Waals surface area contributed by atoms with Crippen LogP contribution >= 0.6 is 36.4 Å². The summed E-state index contributed by atoms with van der Waals surface area (Å²) in [6.45, 7) is 5.15. The molecule has 0 amide bonds. The molecule has 2 aromatic rings. The SMILES string of the molecule is Cl.Cl.OC(COCc1ccc(Cl)cc1)CN1CCN(c2ccccn2)CC1. The van der Waals surface area contributed by atoms with E-state index in [4.69, 9.17) is 16.3 Å². The van der Waals surface area contributed by atoms with Crippen molar-refractivity contribution in [3.63, 3.8) is 0 Å². The Bertz CT molecular complexity index is 638. The van der Waals surface area contributed by atoms with Gasteiger partial charge in [0, 0.05) is 43.9 Å². The van der Waals surface area contributed by atoms with Crippen LogP contribution in [0.25, 0.3) is 0 Å². The molecule has 3 rings (SSSR count). The normalized spacial score (nSPS) is 15.6. The third kappa shape index (κ3) is 7.82. The minimum absolute atomic E-state index is 0. The van der Waals surface area contributed by atoms with Crippen molar-refractivity contribution in [1.82, 2.24) is 9.88 Å². The van der Waals surface area contributed by atoms with Gasteiger partial charge in [0.25, 0.3) is 0 Å². The van der Waals surface area contributed by atoms with Gasteiger partial charge in [0.2, 0.25) is 0 Å². The molecule has 0 radical (unpaired) electrons. The van der Waals surface area contributed by atoms with Gasteiger partial charge in [-0.1, -0.05) is 29.8 Å². The fourth-order valence-electron chi connectivity index (χ4n) is 2.94. The highest BCUT2D eigenvalue weighted by Gasteiger charge is 2.20. The second kappa shape index (κ2) is 12.4. The molecule has 1 atom stereocenters. The maximum absolute atomic E-state index is 10.2. The van der Waals surface area contributed by atoms with Crippen LogP contribution in [0.2, 0.25) is 5.02 Å². The molecule has 1 unspecified atom stereocenters. The Hall–Kier alpha value is -1.08. The lowest BCUT2D eigenvalue weighted by Gasteiger charge is -2.36. The number of ether oxygens (including phenoxy) is 1. The van der Waals surface area contributed by atoms with E-state index in [-0.39, 0.29) is 24.8 Å². The van der Waals surface area contributed by atoms with Gasteiger partial charge in [0.15, 0.2) is 0 Å². The predicted octanol–water partition coefficient (Wildman–Crippen LogP) is 3.28. The molecule has 8 heteroatoms. The van der Waals surface area contributed by atoms with Gasteiger partial charge in [-0.2, -0.15) is 0 Å². The quantitative estimate of drug-likeness (QED) is 0.725. The van der Waals surface area contributed by atoms with E-state index >= 15 is 0 Å². The highest BCUT2D eigenvalue weighted by Crippen LogP contribution is 2.13. The highest BCUT2D eigenvalue weighted by molar-refractivity contribution is 6.30. The molecule has 27 heavy (non-hydrogen) atoms. The highest BCUT2D eigenvalue weighted by atomic mass is 35.5. The summed E-state index contributed by atoms with van der Waals surface area (Å²) >= 11 is 5.86. The Balaban J connectivity index is 0.00000182. The Kier molecular flexibility index (Phi) is 11.0. The molecule has 5 nitrogen and oxygen atoms in total. The summed E-state index contributed by atoms with van der Waals surface area (Å²) in [6, 6.07) is 13.5. The van der Waals surface area contributed by atoms with Crippen molar-refractivity contribution < 1.29 is 9.84 Å². The molecule has 0 aliphatic carbocycles. The fraction of sp³-hybridized carbons (Fsp3) is 0.421. The summed E-state index contributed by atoms with van der Waals surface area (Å²) in [5.74, 6) is 1.02. The lowest BCUT2D eigenvalue weighted by Crippen LogP contribution is -2.49. The molecule has 0 spiro atoms. The van der Waals surface area contributed by atoms with Gasteiger partial charge in [-0.3, -0.25) is 4.90 Å². The first-order valence-corrected chi connectivity index (χ1v) is 8.97. The summed E-state index contributed by atoms with van der Waals surface area (Å²) in [5, 5.41) is 10.9. The standard InChI is InChI=1S/C19H24ClN3O2.2ClH/c20-17-6-4-16(5-7-17)14-25-15-18(24)13-22-9-11-23(12-10-22)19-3-1-2-8-21-19;;/h1-8,18,24H,9-15H2;2*1H. The Morgan fingerprint density at radius 3 is 2.37 bits per heavy atom. The summed E-state index contributed by atoms with van der Waals surface area (Å²) in [6.07, 6.45) is 1.34. The van der Waals surface area contributed by atoms with Gasteiger partial charge in [-0.15, -0.1) is 24.8 Å². The zero-order chi connectivity index (χ0) is 17.5. The molecule has 1 saturated heterocycles. The maximum atomic E-state index is 10.2. The summed E-state index contributed by atoms with van der Waals surface area (Å²) < 4.78 is 5.61. The molecule has 1 aliphatic rings. The van der Waals surface area contributed by atoms with Crippen LogP contribution in [0.1, 0.15) is 5.56 Å². The number of anilines is 1. The number of aliphatic hydroxyl groups is 1. The number of hydrogen-bond acceptors (Lipinski definition) is 5. The predicted molar refractivity (Wildman–Crippen MR) is 115 cm³/mol. The average molecular weight is 435 g/mol. The van der Waals surface area contributed by atoms with Crippen molar-refractivity contribution in [3.05, 3.63) is 59.2 Å². The van der Waals surface area contributed by atoms with E-state index in [1.165, 1.54) is 0 Å². The van der Waals surface area contributed by atoms with Crippen LogP contribution in [0.4, 0.5) is 5.82 Å². The molecule has 150 valence electrons. The van der Waals surface area contributed by atoms with Crippen molar-refractivity contribution in [3.8, 4) is 0 Å². The number of β-amino-alcohol motifs (C(OH)–C–C–N with tert-alkyl or cyclic N) is 1. The van der Waals surface area contributed by atoms with E-state index in [9.17, 15) is 5.11 Å². The number of nitrogens with zero attached hydrogens (tertiary/aromatic N) is 3. The summed E-state index contributed by atoms with van der Waals surface area (Å²) in [7, 11) is 0. The van der Waals surface area contributed by atoms with Crippen LogP contribution in [-0.2, 0) is 11.3 Å².